The number of carbonyl (C=O) groups excluding carboxylic acids is 1. The summed E-state index contributed by atoms with van der Waals surface area (Å²) in [5, 5.41) is 29.1. The highest BCUT2D eigenvalue weighted by Gasteiger charge is 2.38. The van der Waals surface area contributed by atoms with Crippen LogP contribution < -0.4 is 0 Å². The molecular weight excluding hydrogens is 446 g/mol. The van der Waals surface area contributed by atoms with Gasteiger partial charge in [0.05, 0.1) is 18.2 Å². The summed E-state index contributed by atoms with van der Waals surface area (Å²) in [6.45, 7) is 15.3. The van der Waals surface area contributed by atoms with Gasteiger partial charge in [0.15, 0.2) is 5.78 Å². The average molecular weight is 488 g/mol. The molecule has 5 nitrogen and oxygen atoms in total. The van der Waals surface area contributed by atoms with E-state index in [1.165, 1.54) is 0 Å². The van der Waals surface area contributed by atoms with Crippen LogP contribution in [0.2, 0.25) is 0 Å². The van der Waals surface area contributed by atoms with Crippen LogP contribution in [-0.2, 0) is 17.3 Å². The maximum atomic E-state index is 13.6. The van der Waals surface area contributed by atoms with Crippen LogP contribution in [0.25, 0.3) is 0 Å². The third kappa shape index (κ3) is 5.98. The molecule has 0 aliphatic carbocycles. The summed E-state index contributed by atoms with van der Waals surface area (Å²) in [7, 11) is 0. The van der Waals surface area contributed by atoms with Crippen LogP contribution in [0.3, 0.4) is 0 Å². The first-order chi connectivity index (χ1) is 16.8. The lowest BCUT2D eigenvalue weighted by atomic mass is 9.78. The van der Waals surface area contributed by atoms with Crippen molar-refractivity contribution in [2.75, 3.05) is 13.1 Å². The number of hydrogen-bond acceptors (Lipinski definition) is 4. The summed E-state index contributed by atoms with van der Waals surface area (Å²) in [6, 6.07) is 13.4. The molecule has 2 N–H and O–H groups in total. The van der Waals surface area contributed by atoms with Crippen molar-refractivity contribution in [3.8, 4) is 11.8 Å². The molecule has 0 radical (unpaired) electrons. The Kier molecular flexibility index (Phi) is 7.98. The van der Waals surface area contributed by atoms with Gasteiger partial charge in [-0.05, 0) is 59.4 Å². The van der Waals surface area contributed by atoms with Crippen LogP contribution in [0, 0.1) is 28.6 Å². The Morgan fingerprint density at radius 1 is 1.08 bits per heavy atom. The fraction of sp³-hybridized carbons (Fsp3) is 0.516. The van der Waals surface area contributed by atoms with Crippen molar-refractivity contribution < 1.29 is 9.90 Å². The van der Waals surface area contributed by atoms with Gasteiger partial charge in [0.1, 0.15) is 11.6 Å². The van der Waals surface area contributed by atoms with Gasteiger partial charge in [0, 0.05) is 29.2 Å². The maximum Gasteiger partial charge on any atom is 0.182 e. The van der Waals surface area contributed by atoms with Gasteiger partial charge in [-0.15, -0.1) is 0 Å². The van der Waals surface area contributed by atoms with E-state index in [4.69, 9.17) is 10.7 Å². The number of nitrogens with zero attached hydrogens (tertiary/aromatic N) is 2. The molecule has 0 aromatic heterocycles. The summed E-state index contributed by atoms with van der Waals surface area (Å²) >= 11 is 0. The minimum atomic E-state index is -0.306. The standard InChI is InChI=1S/C31H41N3O2/c1-8-9-22-18-34(29(33)24(22)14-20-10-12-21(17-32)13-11-20)19-27(35)23-15-25(30(2,3)4)28(36)26(16-23)31(5,6)7/h10-13,15-16,22,24,33,36H,8-9,14,18-19H2,1-7H3/t22-,24+/m0/s1. The zero-order chi connectivity index (χ0) is 26.8. The minimum absolute atomic E-state index is 0.0231. The number of carbonyl (C=O) groups is 1. The molecule has 0 unspecified atom stereocenters. The summed E-state index contributed by atoms with van der Waals surface area (Å²) in [4.78, 5) is 15.5. The van der Waals surface area contributed by atoms with E-state index in [2.05, 4.69) is 13.0 Å². The molecule has 36 heavy (non-hydrogen) atoms. The number of Topliss-reactive ketones (excluding diaryl/α,β-unsaturated/α-hetero) is 1. The van der Waals surface area contributed by atoms with E-state index in [9.17, 15) is 9.90 Å². The Balaban J connectivity index is 1.87. The molecule has 1 aliphatic heterocycles. The van der Waals surface area contributed by atoms with E-state index >= 15 is 0 Å². The van der Waals surface area contributed by atoms with E-state index in [1.807, 2.05) is 82.8 Å². The lowest BCUT2D eigenvalue weighted by Crippen LogP contribution is -2.33. The van der Waals surface area contributed by atoms with Crippen molar-refractivity contribution in [1.82, 2.24) is 4.90 Å². The molecule has 3 rings (SSSR count). The predicted octanol–water partition coefficient (Wildman–Crippen LogP) is 6.61. The Morgan fingerprint density at radius 3 is 2.11 bits per heavy atom. The predicted molar refractivity (Wildman–Crippen MR) is 146 cm³/mol. The second kappa shape index (κ2) is 10.5. The van der Waals surface area contributed by atoms with Gasteiger partial charge in [-0.2, -0.15) is 5.26 Å². The highest BCUT2D eigenvalue weighted by Crippen LogP contribution is 2.40. The molecule has 1 heterocycles. The second-order valence-electron chi connectivity index (χ2n) is 12.3. The monoisotopic (exact) mass is 487 g/mol. The fourth-order valence-electron chi connectivity index (χ4n) is 5.22. The van der Waals surface area contributed by atoms with Crippen molar-refractivity contribution in [2.24, 2.45) is 11.8 Å². The minimum Gasteiger partial charge on any atom is -0.507 e. The summed E-state index contributed by atoms with van der Waals surface area (Å²) in [6.07, 6.45) is 2.78. The number of rotatable bonds is 7. The molecule has 192 valence electrons. The van der Waals surface area contributed by atoms with Crippen LogP contribution in [0.15, 0.2) is 36.4 Å². The van der Waals surface area contributed by atoms with E-state index in [0.717, 1.165) is 36.0 Å². The quantitative estimate of drug-likeness (QED) is 0.430. The van der Waals surface area contributed by atoms with Gasteiger partial charge in [0.25, 0.3) is 0 Å². The Labute approximate surface area is 216 Å². The summed E-state index contributed by atoms with van der Waals surface area (Å²) < 4.78 is 0. The molecule has 0 amide bonds. The number of ketones is 1. The number of likely N-dealkylation sites (tertiary alicyclic amines) is 1. The molecule has 0 bridgehead atoms. The highest BCUT2D eigenvalue weighted by atomic mass is 16.3. The smallest absolute Gasteiger partial charge is 0.182 e. The Bertz CT molecular complexity index is 1130. The first kappa shape index (κ1) is 27.5. The van der Waals surface area contributed by atoms with Crippen molar-refractivity contribution in [3.05, 3.63) is 64.2 Å². The zero-order valence-corrected chi connectivity index (χ0v) is 22.9. The number of aromatic hydroxyl groups is 1. The number of phenolic OH excluding ortho intramolecular Hbond substituents is 1. The fourth-order valence-corrected chi connectivity index (χ4v) is 5.22. The Morgan fingerprint density at radius 2 is 1.64 bits per heavy atom. The number of nitrogens with one attached hydrogen (secondary N) is 1. The molecule has 2 atom stereocenters. The van der Waals surface area contributed by atoms with Gasteiger partial charge in [-0.3, -0.25) is 10.2 Å². The molecule has 1 saturated heterocycles. The first-order valence-corrected chi connectivity index (χ1v) is 13.0. The third-order valence-electron chi connectivity index (χ3n) is 7.30. The number of nitriles is 1. The van der Waals surface area contributed by atoms with Crippen LogP contribution in [0.4, 0.5) is 0 Å². The Hall–Kier alpha value is -3.13. The summed E-state index contributed by atoms with van der Waals surface area (Å²) in [5.41, 5.74) is 3.28. The van der Waals surface area contributed by atoms with E-state index in [1.54, 1.807) is 0 Å². The topological polar surface area (TPSA) is 88.2 Å². The lowest BCUT2D eigenvalue weighted by Gasteiger charge is -2.28. The maximum absolute atomic E-state index is 13.6. The van der Waals surface area contributed by atoms with E-state index in [0.29, 0.717) is 29.4 Å². The molecule has 1 aliphatic rings. The lowest BCUT2D eigenvalue weighted by molar-refractivity contribution is 0.0963. The second-order valence-corrected chi connectivity index (χ2v) is 12.3. The average Bonchev–Trinajstić information content (AvgIpc) is 3.07. The van der Waals surface area contributed by atoms with Gasteiger partial charge in [-0.25, -0.2) is 0 Å². The third-order valence-corrected chi connectivity index (χ3v) is 7.30. The van der Waals surface area contributed by atoms with Crippen molar-refractivity contribution in [1.29, 1.82) is 10.7 Å². The van der Waals surface area contributed by atoms with E-state index in [-0.39, 0.29) is 34.8 Å². The largest absolute Gasteiger partial charge is 0.507 e. The molecule has 1 fully saturated rings. The number of hydrogen-bond donors (Lipinski definition) is 2. The highest BCUT2D eigenvalue weighted by molar-refractivity contribution is 6.01. The zero-order valence-electron chi connectivity index (χ0n) is 22.9. The number of amidine groups is 1. The first-order valence-electron chi connectivity index (χ1n) is 13.0. The van der Waals surface area contributed by atoms with Gasteiger partial charge in [0.2, 0.25) is 0 Å². The van der Waals surface area contributed by atoms with Crippen LogP contribution >= 0.6 is 0 Å². The SMILES string of the molecule is CCC[C@H]1CN(CC(=O)c2cc(C(C)(C)C)c(O)c(C(C)(C)C)c2)C(=N)[C@@H]1Cc1ccc(C#N)cc1. The van der Waals surface area contributed by atoms with Crippen molar-refractivity contribution >= 4 is 11.6 Å². The van der Waals surface area contributed by atoms with Gasteiger partial charge in [-0.1, -0.05) is 67.0 Å². The number of phenols is 1. The normalized spacial score (nSPS) is 18.4. The molecule has 0 spiro atoms. The molecule has 5 heteroatoms. The van der Waals surface area contributed by atoms with Crippen molar-refractivity contribution in [2.45, 2.75) is 78.6 Å². The van der Waals surface area contributed by atoms with Crippen molar-refractivity contribution in [3.63, 3.8) is 0 Å². The van der Waals surface area contributed by atoms with Crippen LogP contribution in [0.5, 0.6) is 5.75 Å². The van der Waals surface area contributed by atoms with Gasteiger partial charge < -0.3 is 10.0 Å². The van der Waals surface area contributed by atoms with Gasteiger partial charge >= 0.3 is 0 Å². The summed E-state index contributed by atoms with van der Waals surface area (Å²) in [5.74, 6) is 1.15. The van der Waals surface area contributed by atoms with E-state index < -0.39 is 0 Å². The van der Waals surface area contributed by atoms with Crippen LogP contribution in [-0.4, -0.2) is 34.7 Å². The van der Waals surface area contributed by atoms with Crippen LogP contribution in [0.1, 0.15) is 93.9 Å². The number of benzene rings is 2. The molecule has 2 aromatic rings. The molecular formula is C31H41N3O2. The molecule has 2 aromatic carbocycles. The molecule has 0 saturated carbocycles.